The summed E-state index contributed by atoms with van der Waals surface area (Å²) in [6.45, 7) is 0.226. The molecule has 3 aromatic rings. The highest BCUT2D eigenvalue weighted by Crippen LogP contribution is 2.30. The third-order valence-electron chi connectivity index (χ3n) is 4.63. The first kappa shape index (κ1) is 20.5. The Morgan fingerprint density at radius 3 is 2.70 bits per heavy atom. The minimum absolute atomic E-state index is 0.0514. The Bertz CT molecular complexity index is 1210. The number of aliphatic imine (C=N–C) groups is 1. The van der Waals surface area contributed by atoms with Crippen LogP contribution in [-0.2, 0) is 14.8 Å². The summed E-state index contributed by atoms with van der Waals surface area (Å²) in [6, 6.07) is 14.4. The predicted octanol–water partition coefficient (Wildman–Crippen LogP) is 2.89. The van der Waals surface area contributed by atoms with Gasteiger partial charge >= 0.3 is 0 Å². The van der Waals surface area contributed by atoms with E-state index in [4.69, 9.17) is 4.42 Å². The van der Waals surface area contributed by atoms with Crippen LogP contribution in [-0.4, -0.2) is 43.6 Å². The molecular weight excluding hydrogens is 519 g/mol. The van der Waals surface area contributed by atoms with Crippen molar-refractivity contribution >= 4 is 50.0 Å². The van der Waals surface area contributed by atoms with Crippen LogP contribution in [0.4, 0.5) is 5.69 Å². The van der Waals surface area contributed by atoms with Gasteiger partial charge in [-0.05, 0) is 46.4 Å². The molecule has 1 amide bonds. The zero-order chi connectivity index (χ0) is 21.3. The third kappa shape index (κ3) is 4.10. The number of hydrogen-bond donors (Lipinski definition) is 1. The Labute approximate surface area is 187 Å². The normalized spacial score (nSPS) is 15.5. The van der Waals surface area contributed by atoms with Gasteiger partial charge in [0.2, 0.25) is 11.7 Å². The van der Waals surface area contributed by atoms with Gasteiger partial charge in [-0.2, -0.15) is 0 Å². The Hall–Kier alpha value is -2.73. The molecule has 1 unspecified atom stereocenters. The van der Waals surface area contributed by atoms with Crippen LogP contribution in [0.15, 0.2) is 75.3 Å². The number of sulfonamides is 1. The molecule has 2 heterocycles. The molecule has 0 spiro atoms. The number of carbonyl (C=O) groups excluding carboxylic acids is 1. The molecule has 154 valence electrons. The number of fused-ring (bicyclic) bond motifs is 1. The number of halogens is 1. The van der Waals surface area contributed by atoms with Gasteiger partial charge in [-0.15, -0.1) is 0 Å². The summed E-state index contributed by atoms with van der Waals surface area (Å²) in [4.78, 5) is 22.9. The van der Waals surface area contributed by atoms with Crippen LogP contribution in [0, 0.1) is 3.57 Å². The monoisotopic (exact) mass is 536 g/mol. The number of carbonyl (C=O) groups is 1. The van der Waals surface area contributed by atoms with Crippen molar-refractivity contribution in [3.05, 3.63) is 76.0 Å². The number of benzene rings is 2. The Morgan fingerprint density at radius 2 is 2.00 bits per heavy atom. The molecule has 2 aromatic carbocycles. The Morgan fingerprint density at radius 1 is 1.23 bits per heavy atom. The molecule has 8 nitrogen and oxygen atoms in total. The highest BCUT2D eigenvalue weighted by Gasteiger charge is 2.32. The SMILES string of the molecule is CN(CC(c1ccccc1)c1ncco1)C(=O)C1=Nc2ccc(I)cc2S(=O)(=O)N1. The van der Waals surface area contributed by atoms with Crippen molar-refractivity contribution in [2.75, 3.05) is 13.6 Å². The van der Waals surface area contributed by atoms with Gasteiger partial charge in [0.15, 0.2) is 0 Å². The van der Waals surface area contributed by atoms with E-state index >= 15 is 0 Å². The number of hydrogen-bond acceptors (Lipinski definition) is 6. The average molecular weight is 536 g/mol. The smallest absolute Gasteiger partial charge is 0.290 e. The van der Waals surface area contributed by atoms with Gasteiger partial charge in [0.1, 0.15) is 11.2 Å². The van der Waals surface area contributed by atoms with Crippen molar-refractivity contribution < 1.29 is 17.6 Å². The van der Waals surface area contributed by atoms with Crippen LogP contribution in [0.3, 0.4) is 0 Å². The van der Waals surface area contributed by atoms with Crippen LogP contribution < -0.4 is 4.72 Å². The highest BCUT2D eigenvalue weighted by molar-refractivity contribution is 14.1. The van der Waals surface area contributed by atoms with Crippen molar-refractivity contribution in [2.24, 2.45) is 4.99 Å². The lowest BCUT2D eigenvalue weighted by atomic mass is 9.98. The molecular formula is C20H17IN4O4S. The second kappa shape index (κ2) is 8.19. The van der Waals surface area contributed by atoms with Crippen LogP contribution in [0.2, 0.25) is 0 Å². The molecule has 0 saturated carbocycles. The lowest BCUT2D eigenvalue weighted by Crippen LogP contribution is -2.46. The zero-order valence-electron chi connectivity index (χ0n) is 15.8. The van der Waals surface area contributed by atoms with E-state index in [0.29, 0.717) is 5.89 Å². The number of amidine groups is 1. The second-order valence-corrected chi connectivity index (χ2v) is 9.59. The molecule has 0 fully saturated rings. The van der Waals surface area contributed by atoms with E-state index < -0.39 is 15.9 Å². The van der Waals surface area contributed by atoms with Crippen LogP contribution >= 0.6 is 22.6 Å². The molecule has 0 radical (unpaired) electrons. The van der Waals surface area contributed by atoms with E-state index in [9.17, 15) is 13.2 Å². The summed E-state index contributed by atoms with van der Waals surface area (Å²) in [5.41, 5.74) is 1.16. The molecule has 0 aliphatic carbocycles. The number of nitrogens with zero attached hydrogens (tertiary/aromatic N) is 3. The van der Waals surface area contributed by atoms with Gasteiger partial charge in [-0.25, -0.2) is 18.4 Å². The van der Waals surface area contributed by atoms with Crippen molar-refractivity contribution in [1.29, 1.82) is 0 Å². The molecule has 30 heavy (non-hydrogen) atoms. The molecule has 1 aliphatic heterocycles. The van der Waals surface area contributed by atoms with Gasteiger partial charge in [0, 0.05) is 17.2 Å². The summed E-state index contributed by atoms with van der Waals surface area (Å²) in [5, 5.41) is 0. The van der Waals surface area contributed by atoms with Gasteiger partial charge in [-0.1, -0.05) is 30.3 Å². The Balaban J connectivity index is 1.62. The molecule has 4 rings (SSSR count). The number of nitrogens with one attached hydrogen (secondary N) is 1. The van der Waals surface area contributed by atoms with E-state index in [2.05, 4.69) is 14.7 Å². The topological polar surface area (TPSA) is 105 Å². The number of oxazole rings is 1. The third-order valence-corrected chi connectivity index (χ3v) is 6.67. The maximum absolute atomic E-state index is 13.0. The average Bonchev–Trinajstić information content (AvgIpc) is 3.26. The van der Waals surface area contributed by atoms with Crippen LogP contribution in [0.5, 0.6) is 0 Å². The number of aromatic nitrogens is 1. The lowest BCUT2D eigenvalue weighted by molar-refractivity contribution is -0.123. The van der Waals surface area contributed by atoms with E-state index in [1.165, 1.54) is 17.2 Å². The predicted molar refractivity (Wildman–Crippen MR) is 119 cm³/mol. The first-order valence-corrected chi connectivity index (χ1v) is 11.5. The highest BCUT2D eigenvalue weighted by atomic mass is 127. The molecule has 1 aliphatic rings. The van der Waals surface area contributed by atoms with Crippen LogP contribution in [0.1, 0.15) is 17.4 Å². The quantitative estimate of drug-likeness (QED) is 0.506. The number of rotatable bonds is 5. The largest absolute Gasteiger partial charge is 0.448 e. The fourth-order valence-electron chi connectivity index (χ4n) is 3.17. The Kier molecular flexibility index (Phi) is 5.60. The molecule has 0 saturated heterocycles. The van der Waals surface area contributed by atoms with E-state index in [0.717, 1.165) is 9.13 Å². The zero-order valence-corrected chi connectivity index (χ0v) is 18.8. The summed E-state index contributed by atoms with van der Waals surface area (Å²) >= 11 is 2.02. The van der Waals surface area contributed by atoms with Gasteiger partial charge in [0.25, 0.3) is 15.9 Å². The van der Waals surface area contributed by atoms with E-state index in [1.54, 1.807) is 25.4 Å². The second-order valence-electron chi connectivity index (χ2n) is 6.70. The fourth-order valence-corrected chi connectivity index (χ4v) is 5.04. The maximum Gasteiger partial charge on any atom is 0.290 e. The summed E-state index contributed by atoms with van der Waals surface area (Å²) in [5.74, 6) is -0.641. The number of amides is 1. The summed E-state index contributed by atoms with van der Waals surface area (Å²) in [6.07, 6.45) is 3.02. The molecule has 1 atom stereocenters. The number of likely N-dealkylation sites (N-methyl/N-ethyl adjacent to an activating group) is 1. The fraction of sp³-hybridized carbons (Fsp3) is 0.150. The maximum atomic E-state index is 13.0. The molecule has 1 N–H and O–H groups in total. The summed E-state index contributed by atoms with van der Waals surface area (Å²) < 4.78 is 33.7. The van der Waals surface area contributed by atoms with Gasteiger partial charge in [0.05, 0.1) is 17.8 Å². The summed E-state index contributed by atoms with van der Waals surface area (Å²) in [7, 11) is -2.30. The van der Waals surface area contributed by atoms with Gasteiger partial charge < -0.3 is 9.32 Å². The molecule has 0 bridgehead atoms. The standard InChI is InChI=1S/C20H17IN4O4S/c1-25(12-15(19-22-9-10-29-19)13-5-3-2-4-6-13)20(26)18-23-16-8-7-14(21)11-17(16)30(27,28)24-18/h2-11,15H,12H2,1H3,(H,23,24). The van der Waals surface area contributed by atoms with Crippen molar-refractivity contribution in [3.8, 4) is 0 Å². The minimum Gasteiger partial charge on any atom is -0.448 e. The van der Waals surface area contributed by atoms with E-state index in [1.807, 2.05) is 52.9 Å². The van der Waals surface area contributed by atoms with Gasteiger partial charge in [-0.3, -0.25) is 9.52 Å². The minimum atomic E-state index is -3.88. The van der Waals surface area contributed by atoms with Crippen molar-refractivity contribution in [3.63, 3.8) is 0 Å². The molecule has 1 aromatic heterocycles. The van der Waals surface area contributed by atoms with Crippen molar-refractivity contribution in [2.45, 2.75) is 10.8 Å². The first-order chi connectivity index (χ1) is 14.3. The molecule has 10 heteroatoms. The van der Waals surface area contributed by atoms with Crippen LogP contribution in [0.25, 0.3) is 0 Å². The lowest BCUT2D eigenvalue weighted by Gasteiger charge is -2.25. The van der Waals surface area contributed by atoms with Crippen molar-refractivity contribution in [1.82, 2.24) is 14.6 Å². The first-order valence-electron chi connectivity index (χ1n) is 8.96. The van der Waals surface area contributed by atoms with E-state index in [-0.39, 0.29) is 28.9 Å².